The number of allylic oxidation sites excluding steroid dienone is 1. The van der Waals surface area contributed by atoms with Gasteiger partial charge in [0.1, 0.15) is 19.3 Å². The van der Waals surface area contributed by atoms with Gasteiger partial charge in [-0.15, -0.1) is 0 Å². The van der Waals surface area contributed by atoms with Crippen LogP contribution in [-0.4, -0.2) is 49.3 Å². The minimum Gasteiger partial charge on any atom is -0.462 e. The highest BCUT2D eigenvalue weighted by molar-refractivity contribution is 5.71. The Kier molecular flexibility index (Phi) is 60.9. The SMILES string of the molecule is CCCCCCCCCCCCCCCC(=O)OCC(COC(=O)CCCCCCC/C=C\CC(CCCCCC)OC(=O)CCCCCCCCCCCCCCC)OC(=O)CCCCCCCCCCCCCCC. The molecule has 8 heteroatoms. The molecule has 454 valence electrons. The lowest BCUT2D eigenvalue weighted by Gasteiger charge is -2.18. The van der Waals surface area contributed by atoms with Gasteiger partial charge in [-0.3, -0.25) is 19.2 Å². The lowest BCUT2D eigenvalue weighted by molar-refractivity contribution is -0.167. The molecule has 0 aliphatic rings. The van der Waals surface area contributed by atoms with Crippen LogP contribution in [0.4, 0.5) is 0 Å². The number of esters is 4. The third-order valence-electron chi connectivity index (χ3n) is 15.6. The van der Waals surface area contributed by atoms with Gasteiger partial charge in [-0.1, -0.05) is 310 Å². The second kappa shape index (κ2) is 62.8. The lowest BCUT2D eigenvalue weighted by atomic mass is 10.0. The number of hydrogen-bond acceptors (Lipinski definition) is 8. The van der Waals surface area contributed by atoms with E-state index in [1.807, 2.05) is 0 Å². The minimum absolute atomic E-state index is 0.0256. The summed E-state index contributed by atoms with van der Waals surface area (Å²) in [4.78, 5) is 51.2. The Morgan fingerprint density at radius 1 is 0.273 bits per heavy atom. The fraction of sp³-hybridized carbons (Fsp3) is 0.913. The number of carbonyl (C=O) groups excluding carboxylic acids is 4. The van der Waals surface area contributed by atoms with Crippen molar-refractivity contribution >= 4 is 23.9 Å². The molecule has 0 saturated carbocycles. The number of ether oxygens (including phenoxy) is 4. The topological polar surface area (TPSA) is 105 Å². The van der Waals surface area contributed by atoms with E-state index >= 15 is 0 Å². The van der Waals surface area contributed by atoms with Crippen molar-refractivity contribution in [3.8, 4) is 0 Å². The fourth-order valence-corrected chi connectivity index (χ4v) is 10.4. The van der Waals surface area contributed by atoms with Gasteiger partial charge in [0.25, 0.3) is 0 Å². The Morgan fingerprint density at radius 3 is 0.831 bits per heavy atom. The molecular weight excluding hydrogens is 957 g/mol. The molecule has 0 rings (SSSR count). The van der Waals surface area contributed by atoms with Gasteiger partial charge in [-0.25, -0.2) is 0 Å². The summed E-state index contributed by atoms with van der Waals surface area (Å²) in [6.07, 6.45) is 66.8. The Labute approximate surface area is 478 Å². The van der Waals surface area contributed by atoms with Crippen molar-refractivity contribution in [2.75, 3.05) is 13.2 Å². The van der Waals surface area contributed by atoms with E-state index in [2.05, 4.69) is 39.8 Å². The molecule has 0 aromatic rings. The molecule has 8 nitrogen and oxygen atoms in total. The van der Waals surface area contributed by atoms with Gasteiger partial charge in [0.15, 0.2) is 6.10 Å². The monoisotopic (exact) mass is 1090 g/mol. The highest BCUT2D eigenvalue weighted by Crippen LogP contribution is 2.19. The summed E-state index contributed by atoms with van der Waals surface area (Å²) in [5, 5.41) is 0. The predicted octanol–water partition coefficient (Wildman–Crippen LogP) is 22.0. The smallest absolute Gasteiger partial charge is 0.306 e. The summed E-state index contributed by atoms with van der Waals surface area (Å²) < 4.78 is 23.0. The molecule has 2 atom stereocenters. The van der Waals surface area contributed by atoms with E-state index in [-0.39, 0.29) is 43.2 Å². The standard InChI is InChI=1S/C69H130O8/c1-5-9-13-17-20-23-26-29-32-35-41-46-52-58-66(70)74-62-65(77-69(73)61-55-49-44-37-34-31-28-25-22-19-15-11-7-3)63-75-67(71)59-53-47-42-39-38-40-45-51-57-64(56-50-16-12-8-4)76-68(72)60-54-48-43-36-33-30-27-24-21-18-14-10-6-2/h45,51,64-65H,5-44,46-50,52-63H2,1-4H3/b51-45-. The van der Waals surface area contributed by atoms with Gasteiger partial charge in [0.2, 0.25) is 0 Å². The summed E-state index contributed by atoms with van der Waals surface area (Å²) in [6, 6.07) is 0. The van der Waals surface area contributed by atoms with Crippen LogP contribution in [0.5, 0.6) is 0 Å². The molecule has 0 aromatic carbocycles. The lowest BCUT2D eigenvalue weighted by Crippen LogP contribution is -2.30. The molecule has 0 aliphatic heterocycles. The van der Waals surface area contributed by atoms with E-state index in [0.717, 1.165) is 109 Å². The number of carbonyl (C=O) groups is 4. The first-order valence-corrected chi connectivity index (χ1v) is 34.2. The normalized spacial score (nSPS) is 12.3. The Hall–Kier alpha value is -2.38. The first kappa shape index (κ1) is 74.6. The number of hydrogen-bond donors (Lipinski definition) is 0. The van der Waals surface area contributed by atoms with Crippen LogP contribution < -0.4 is 0 Å². The summed E-state index contributed by atoms with van der Waals surface area (Å²) in [5.74, 6) is -0.943. The van der Waals surface area contributed by atoms with E-state index < -0.39 is 6.10 Å². The Morgan fingerprint density at radius 2 is 0.519 bits per heavy atom. The van der Waals surface area contributed by atoms with E-state index in [0.29, 0.717) is 25.7 Å². The van der Waals surface area contributed by atoms with Crippen LogP contribution >= 0.6 is 0 Å². The molecule has 0 N–H and O–H groups in total. The first-order valence-electron chi connectivity index (χ1n) is 34.2. The van der Waals surface area contributed by atoms with Crippen molar-refractivity contribution in [2.24, 2.45) is 0 Å². The van der Waals surface area contributed by atoms with Gasteiger partial charge in [0.05, 0.1) is 0 Å². The quantitative estimate of drug-likeness (QED) is 0.0257. The maximum atomic E-state index is 12.9. The average molecular weight is 1090 g/mol. The van der Waals surface area contributed by atoms with Gasteiger partial charge in [-0.2, -0.15) is 0 Å². The third-order valence-corrected chi connectivity index (χ3v) is 15.6. The van der Waals surface area contributed by atoms with Crippen LogP contribution in [0.15, 0.2) is 12.2 Å². The van der Waals surface area contributed by atoms with Gasteiger partial charge >= 0.3 is 23.9 Å². The van der Waals surface area contributed by atoms with Crippen LogP contribution in [0, 0.1) is 0 Å². The average Bonchev–Trinajstić information content (AvgIpc) is 3.42. The fourth-order valence-electron chi connectivity index (χ4n) is 10.4. The van der Waals surface area contributed by atoms with Crippen molar-refractivity contribution in [3.05, 3.63) is 12.2 Å². The van der Waals surface area contributed by atoms with Gasteiger partial charge in [-0.05, 0) is 51.4 Å². The molecule has 0 heterocycles. The molecule has 0 aliphatic carbocycles. The minimum atomic E-state index is -0.797. The molecule has 0 saturated heterocycles. The molecule has 2 unspecified atom stereocenters. The number of unbranched alkanes of at least 4 members (excludes halogenated alkanes) is 44. The molecule has 0 spiro atoms. The zero-order valence-corrected chi connectivity index (χ0v) is 51.9. The summed E-state index contributed by atoms with van der Waals surface area (Å²) in [6.45, 7) is 8.85. The third kappa shape index (κ3) is 59.6. The molecule has 0 radical (unpaired) electrons. The van der Waals surface area contributed by atoms with Crippen LogP contribution in [-0.2, 0) is 38.1 Å². The van der Waals surface area contributed by atoms with Crippen molar-refractivity contribution in [3.63, 3.8) is 0 Å². The van der Waals surface area contributed by atoms with Crippen molar-refractivity contribution in [1.82, 2.24) is 0 Å². The summed E-state index contributed by atoms with van der Waals surface area (Å²) in [5.41, 5.74) is 0. The van der Waals surface area contributed by atoms with Crippen LogP contribution in [0.1, 0.15) is 381 Å². The van der Waals surface area contributed by atoms with Crippen molar-refractivity contribution in [1.29, 1.82) is 0 Å². The molecular formula is C69H130O8. The van der Waals surface area contributed by atoms with Crippen LogP contribution in [0.2, 0.25) is 0 Å². The molecule has 0 bridgehead atoms. The van der Waals surface area contributed by atoms with Crippen molar-refractivity contribution < 1.29 is 38.1 Å². The van der Waals surface area contributed by atoms with E-state index in [9.17, 15) is 19.2 Å². The second-order valence-corrected chi connectivity index (χ2v) is 23.4. The van der Waals surface area contributed by atoms with Crippen LogP contribution in [0.25, 0.3) is 0 Å². The first-order chi connectivity index (χ1) is 37.9. The zero-order chi connectivity index (χ0) is 56.0. The molecule has 77 heavy (non-hydrogen) atoms. The van der Waals surface area contributed by atoms with Gasteiger partial charge < -0.3 is 18.9 Å². The second-order valence-electron chi connectivity index (χ2n) is 23.4. The van der Waals surface area contributed by atoms with E-state index in [1.165, 1.54) is 218 Å². The maximum Gasteiger partial charge on any atom is 0.306 e. The predicted molar refractivity (Wildman–Crippen MR) is 327 cm³/mol. The Balaban J connectivity index is 4.56. The zero-order valence-electron chi connectivity index (χ0n) is 51.9. The van der Waals surface area contributed by atoms with Crippen LogP contribution in [0.3, 0.4) is 0 Å². The van der Waals surface area contributed by atoms with E-state index in [4.69, 9.17) is 18.9 Å². The highest BCUT2D eigenvalue weighted by atomic mass is 16.6. The largest absolute Gasteiger partial charge is 0.462 e. The van der Waals surface area contributed by atoms with Crippen molar-refractivity contribution in [2.45, 2.75) is 393 Å². The van der Waals surface area contributed by atoms with Gasteiger partial charge in [0, 0.05) is 32.1 Å². The highest BCUT2D eigenvalue weighted by Gasteiger charge is 2.20. The summed E-state index contributed by atoms with van der Waals surface area (Å²) >= 11 is 0. The number of rotatable bonds is 63. The summed E-state index contributed by atoms with van der Waals surface area (Å²) in [7, 11) is 0. The molecule has 0 fully saturated rings. The Bertz CT molecular complexity index is 1280. The maximum absolute atomic E-state index is 12.9. The molecule has 0 amide bonds. The molecule has 0 aromatic heterocycles. The van der Waals surface area contributed by atoms with E-state index in [1.54, 1.807) is 0 Å².